The number of carbonyl (C=O) groups is 2. The van der Waals surface area contributed by atoms with E-state index in [1.807, 2.05) is 6.92 Å². The highest BCUT2D eigenvalue weighted by atomic mass is 32.1. The van der Waals surface area contributed by atoms with Gasteiger partial charge in [-0.2, -0.15) is 4.39 Å². The summed E-state index contributed by atoms with van der Waals surface area (Å²) in [5, 5.41) is 3.00. The number of pyridine rings is 1. The van der Waals surface area contributed by atoms with Gasteiger partial charge in [0.25, 0.3) is 5.91 Å². The fraction of sp³-hybridized carbons (Fsp3) is 0.214. The summed E-state index contributed by atoms with van der Waals surface area (Å²) in [4.78, 5) is 28.2. The molecule has 2 aromatic heterocycles. The van der Waals surface area contributed by atoms with Crippen molar-refractivity contribution in [1.82, 2.24) is 4.98 Å². The van der Waals surface area contributed by atoms with E-state index >= 15 is 0 Å². The smallest absolute Gasteiger partial charge is 0.341 e. The minimum atomic E-state index is -0.741. The number of anilines is 1. The highest BCUT2D eigenvalue weighted by molar-refractivity contribution is 7.16. The molecule has 0 radical (unpaired) electrons. The highest BCUT2D eigenvalue weighted by Crippen LogP contribution is 2.33. The summed E-state index contributed by atoms with van der Waals surface area (Å²) in [6, 6.07) is 2.42. The van der Waals surface area contributed by atoms with Crippen molar-refractivity contribution in [3.05, 3.63) is 45.8 Å². The molecule has 0 atom stereocenters. The van der Waals surface area contributed by atoms with Gasteiger partial charge in [0.15, 0.2) is 0 Å². The lowest BCUT2D eigenvalue weighted by atomic mass is 10.1. The van der Waals surface area contributed by atoms with Gasteiger partial charge >= 0.3 is 5.97 Å². The number of thiophene rings is 1. The molecule has 2 aromatic rings. The minimum absolute atomic E-state index is 0.127. The van der Waals surface area contributed by atoms with Crippen LogP contribution < -0.4 is 5.32 Å². The minimum Gasteiger partial charge on any atom is -0.465 e. The van der Waals surface area contributed by atoms with E-state index in [2.05, 4.69) is 10.3 Å². The Morgan fingerprint density at radius 3 is 2.71 bits per heavy atom. The molecule has 0 fully saturated rings. The van der Waals surface area contributed by atoms with Gasteiger partial charge in [-0.25, -0.2) is 9.78 Å². The SMILES string of the molecule is COC(=O)c1c(NC(=O)c2ccnc(F)c2)sc(C)c1C. The molecule has 2 rings (SSSR count). The number of aromatic nitrogens is 1. The Hall–Kier alpha value is -2.28. The van der Waals surface area contributed by atoms with Gasteiger partial charge in [0.1, 0.15) is 5.00 Å². The molecular weight excluding hydrogens is 295 g/mol. The van der Waals surface area contributed by atoms with Crippen LogP contribution in [-0.4, -0.2) is 24.0 Å². The van der Waals surface area contributed by atoms with Gasteiger partial charge in [-0.15, -0.1) is 11.3 Å². The third-order valence-electron chi connectivity index (χ3n) is 2.99. The molecule has 0 spiro atoms. The number of amides is 1. The van der Waals surface area contributed by atoms with Crippen molar-refractivity contribution in [2.24, 2.45) is 0 Å². The molecule has 0 saturated heterocycles. The molecular formula is C14H13FN2O3S. The van der Waals surface area contributed by atoms with Crippen LogP contribution in [0.1, 0.15) is 31.2 Å². The summed E-state index contributed by atoms with van der Waals surface area (Å²) >= 11 is 1.27. The number of nitrogens with zero attached hydrogens (tertiary/aromatic N) is 1. The molecule has 0 aliphatic rings. The normalized spacial score (nSPS) is 10.3. The summed E-state index contributed by atoms with van der Waals surface area (Å²) in [6.07, 6.45) is 1.20. The molecule has 0 aliphatic heterocycles. The van der Waals surface area contributed by atoms with E-state index < -0.39 is 17.8 Å². The van der Waals surface area contributed by atoms with Crippen molar-refractivity contribution in [3.63, 3.8) is 0 Å². The Kier molecular flexibility index (Phi) is 4.32. The summed E-state index contributed by atoms with van der Waals surface area (Å²) < 4.78 is 17.8. The van der Waals surface area contributed by atoms with Gasteiger partial charge < -0.3 is 10.1 Å². The van der Waals surface area contributed by atoms with Crippen molar-refractivity contribution < 1.29 is 18.7 Å². The summed E-state index contributed by atoms with van der Waals surface area (Å²) in [5.41, 5.74) is 1.20. The van der Waals surface area contributed by atoms with Crippen molar-refractivity contribution in [1.29, 1.82) is 0 Å². The summed E-state index contributed by atoms with van der Waals surface area (Å²) in [7, 11) is 1.28. The number of carbonyl (C=O) groups excluding carboxylic acids is 2. The van der Waals surface area contributed by atoms with Gasteiger partial charge in [0.2, 0.25) is 5.95 Å². The zero-order valence-electron chi connectivity index (χ0n) is 11.7. The molecule has 0 saturated carbocycles. The number of hydrogen-bond acceptors (Lipinski definition) is 5. The maximum absolute atomic E-state index is 13.0. The second kappa shape index (κ2) is 6.01. The van der Waals surface area contributed by atoms with Crippen LogP contribution in [0.2, 0.25) is 0 Å². The number of hydrogen-bond donors (Lipinski definition) is 1. The summed E-state index contributed by atoms with van der Waals surface area (Å²) in [6.45, 7) is 3.62. The first-order valence-electron chi connectivity index (χ1n) is 6.05. The van der Waals surface area contributed by atoms with Crippen molar-refractivity contribution in [2.75, 3.05) is 12.4 Å². The first-order chi connectivity index (χ1) is 9.93. The second-order valence-corrected chi connectivity index (χ2v) is 5.53. The number of ether oxygens (including phenoxy) is 1. The average molecular weight is 308 g/mol. The van der Waals surface area contributed by atoms with Crippen molar-refractivity contribution in [3.8, 4) is 0 Å². The quantitative estimate of drug-likeness (QED) is 0.699. The van der Waals surface area contributed by atoms with Crippen LogP contribution in [0.4, 0.5) is 9.39 Å². The second-order valence-electron chi connectivity index (χ2n) is 4.30. The predicted molar refractivity (Wildman–Crippen MR) is 77.3 cm³/mol. The Morgan fingerprint density at radius 2 is 2.10 bits per heavy atom. The largest absolute Gasteiger partial charge is 0.465 e. The van der Waals surface area contributed by atoms with Crippen LogP contribution in [0.3, 0.4) is 0 Å². The number of nitrogens with one attached hydrogen (secondary N) is 1. The molecule has 0 aromatic carbocycles. The van der Waals surface area contributed by atoms with Crippen LogP contribution in [0.25, 0.3) is 0 Å². The Labute approximate surface area is 124 Å². The molecule has 5 nitrogen and oxygen atoms in total. The molecule has 2 heterocycles. The van der Waals surface area contributed by atoms with E-state index in [-0.39, 0.29) is 5.56 Å². The van der Waals surface area contributed by atoms with E-state index in [0.29, 0.717) is 10.6 Å². The van der Waals surface area contributed by atoms with E-state index in [4.69, 9.17) is 4.74 Å². The number of halogens is 1. The van der Waals surface area contributed by atoms with Crippen LogP contribution in [0.5, 0.6) is 0 Å². The van der Waals surface area contributed by atoms with E-state index in [0.717, 1.165) is 16.5 Å². The molecule has 0 unspecified atom stereocenters. The molecule has 21 heavy (non-hydrogen) atoms. The maximum atomic E-state index is 13.0. The topological polar surface area (TPSA) is 68.3 Å². The standard InChI is InChI=1S/C14H13FN2O3S/c1-7-8(2)21-13(11(7)14(19)20-3)17-12(18)9-4-5-16-10(15)6-9/h4-6H,1-3H3,(H,17,18). The van der Waals surface area contributed by atoms with Gasteiger partial charge in [-0.05, 0) is 25.5 Å². The van der Waals surface area contributed by atoms with Crippen molar-refractivity contribution >= 4 is 28.2 Å². The van der Waals surface area contributed by atoms with Gasteiger partial charge in [0, 0.05) is 22.7 Å². The van der Waals surface area contributed by atoms with Gasteiger partial charge in [0.05, 0.1) is 12.7 Å². The Bertz CT molecular complexity index is 712. The zero-order valence-corrected chi connectivity index (χ0v) is 12.5. The monoisotopic (exact) mass is 308 g/mol. The average Bonchev–Trinajstić information content (AvgIpc) is 2.73. The fourth-order valence-corrected chi connectivity index (χ4v) is 2.83. The first-order valence-corrected chi connectivity index (χ1v) is 6.87. The van der Waals surface area contributed by atoms with Crippen LogP contribution in [0, 0.1) is 19.8 Å². The lowest BCUT2D eigenvalue weighted by molar-refractivity contribution is 0.0601. The lowest BCUT2D eigenvalue weighted by Gasteiger charge is -2.06. The molecule has 0 bridgehead atoms. The summed E-state index contributed by atoms with van der Waals surface area (Å²) in [5.74, 6) is -1.77. The number of rotatable bonds is 3. The van der Waals surface area contributed by atoms with E-state index in [1.54, 1.807) is 6.92 Å². The Morgan fingerprint density at radius 1 is 1.38 bits per heavy atom. The number of methoxy groups -OCH3 is 1. The Balaban J connectivity index is 2.34. The molecule has 1 amide bonds. The van der Waals surface area contributed by atoms with Crippen LogP contribution >= 0.6 is 11.3 Å². The molecule has 1 N–H and O–H groups in total. The lowest BCUT2D eigenvalue weighted by Crippen LogP contribution is -2.14. The molecule has 7 heteroatoms. The third kappa shape index (κ3) is 3.08. The van der Waals surface area contributed by atoms with Gasteiger partial charge in [-0.3, -0.25) is 4.79 Å². The predicted octanol–water partition coefficient (Wildman–Crippen LogP) is 2.94. The third-order valence-corrected chi connectivity index (χ3v) is 4.11. The van der Waals surface area contributed by atoms with Crippen LogP contribution in [-0.2, 0) is 4.74 Å². The number of esters is 1. The molecule has 0 aliphatic carbocycles. The van der Waals surface area contributed by atoms with Gasteiger partial charge in [-0.1, -0.05) is 0 Å². The molecule has 110 valence electrons. The number of aryl methyl sites for hydroxylation is 1. The first kappa shape index (κ1) is 15.1. The van der Waals surface area contributed by atoms with Crippen LogP contribution in [0.15, 0.2) is 18.3 Å². The maximum Gasteiger partial charge on any atom is 0.341 e. The van der Waals surface area contributed by atoms with E-state index in [1.165, 1.54) is 30.7 Å². The zero-order chi connectivity index (χ0) is 15.6. The fourth-order valence-electron chi connectivity index (χ4n) is 1.78. The van der Waals surface area contributed by atoms with Crippen molar-refractivity contribution in [2.45, 2.75) is 13.8 Å². The van der Waals surface area contributed by atoms with E-state index in [9.17, 15) is 14.0 Å². The highest BCUT2D eigenvalue weighted by Gasteiger charge is 2.22.